The first-order valence-corrected chi connectivity index (χ1v) is 6.12. The van der Waals surface area contributed by atoms with Crippen molar-refractivity contribution >= 4 is 0 Å². The van der Waals surface area contributed by atoms with Crippen LogP contribution in [0.4, 0.5) is 0 Å². The molecule has 0 bridgehead atoms. The Morgan fingerprint density at radius 1 is 1.06 bits per heavy atom. The number of nitrogens with two attached hydrogens (primary N) is 1. The molecule has 0 saturated heterocycles. The van der Waals surface area contributed by atoms with Crippen LogP contribution in [0, 0.1) is 5.41 Å². The van der Waals surface area contributed by atoms with E-state index in [1.807, 2.05) is 12.1 Å². The lowest BCUT2D eigenvalue weighted by atomic mass is 9.79. The van der Waals surface area contributed by atoms with E-state index >= 15 is 0 Å². The highest BCUT2D eigenvalue weighted by atomic mass is 16.3. The van der Waals surface area contributed by atoms with Crippen molar-refractivity contribution in [1.82, 2.24) is 0 Å². The van der Waals surface area contributed by atoms with Gasteiger partial charge in [0.2, 0.25) is 0 Å². The van der Waals surface area contributed by atoms with Gasteiger partial charge in [0.1, 0.15) is 5.75 Å². The normalized spacial score (nSPS) is 14.8. The molecule has 0 unspecified atom stereocenters. The molecule has 0 aliphatic heterocycles. The molecule has 0 aliphatic rings. The Morgan fingerprint density at radius 3 is 2.00 bits per heavy atom. The van der Waals surface area contributed by atoms with E-state index < -0.39 is 0 Å². The minimum atomic E-state index is -0.162. The van der Waals surface area contributed by atoms with Gasteiger partial charge in [0.25, 0.3) is 0 Å². The molecule has 2 heteroatoms. The Morgan fingerprint density at radius 2 is 1.59 bits per heavy atom. The molecular formula is C15H25NO. The Hall–Kier alpha value is -1.02. The van der Waals surface area contributed by atoms with Gasteiger partial charge >= 0.3 is 0 Å². The predicted molar refractivity (Wildman–Crippen MR) is 73.2 cm³/mol. The lowest BCUT2D eigenvalue weighted by Crippen LogP contribution is -2.26. The summed E-state index contributed by atoms with van der Waals surface area (Å²) in [4.78, 5) is 0. The SMILES string of the molecule is CC(C)(C)c1ccc(O)c([C@@H](N)C(C)(C)C)c1. The van der Waals surface area contributed by atoms with Gasteiger partial charge in [0, 0.05) is 11.6 Å². The van der Waals surface area contributed by atoms with Crippen LogP contribution in [-0.2, 0) is 5.41 Å². The van der Waals surface area contributed by atoms with Crippen LogP contribution in [0.5, 0.6) is 5.75 Å². The Balaban J connectivity index is 3.25. The molecule has 1 rings (SSSR count). The van der Waals surface area contributed by atoms with Crippen molar-refractivity contribution in [3.8, 4) is 5.75 Å². The van der Waals surface area contributed by atoms with Crippen molar-refractivity contribution in [3.63, 3.8) is 0 Å². The summed E-state index contributed by atoms with van der Waals surface area (Å²) in [6.07, 6.45) is 0. The topological polar surface area (TPSA) is 46.2 Å². The van der Waals surface area contributed by atoms with Gasteiger partial charge in [0.05, 0.1) is 0 Å². The second-order valence-corrected chi connectivity index (χ2v) is 6.87. The molecule has 0 saturated carbocycles. The maximum absolute atomic E-state index is 9.95. The summed E-state index contributed by atoms with van der Waals surface area (Å²) in [7, 11) is 0. The second kappa shape index (κ2) is 4.34. The summed E-state index contributed by atoms with van der Waals surface area (Å²) in [6, 6.07) is 5.59. The van der Waals surface area contributed by atoms with Crippen molar-refractivity contribution in [2.75, 3.05) is 0 Å². The zero-order chi connectivity index (χ0) is 13.4. The first kappa shape index (κ1) is 14.0. The van der Waals surface area contributed by atoms with E-state index in [1.54, 1.807) is 6.07 Å². The first-order valence-electron chi connectivity index (χ1n) is 6.12. The molecule has 0 aromatic heterocycles. The van der Waals surface area contributed by atoms with Crippen molar-refractivity contribution in [1.29, 1.82) is 0 Å². The minimum absolute atomic E-state index is 0.0615. The second-order valence-electron chi connectivity index (χ2n) is 6.87. The largest absolute Gasteiger partial charge is 0.508 e. The monoisotopic (exact) mass is 235 g/mol. The summed E-state index contributed by atoms with van der Waals surface area (Å²) in [6.45, 7) is 12.7. The van der Waals surface area contributed by atoms with Crippen molar-refractivity contribution in [2.45, 2.75) is 53.0 Å². The number of phenols is 1. The van der Waals surface area contributed by atoms with E-state index in [0.29, 0.717) is 5.75 Å². The van der Waals surface area contributed by atoms with Gasteiger partial charge in [-0.3, -0.25) is 0 Å². The van der Waals surface area contributed by atoms with Crippen LogP contribution in [0.1, 0.15) is 58.7 Å². The van der Waals surface area contributed by atoms with Crippen LogP contribution >= 0.6 is 0 Å². The standard InChI is InChI=1S/C15H25NO/c1-14(2,3)10-7-8-12(17)11(9-10)13(16)15(4,5)6/h7-9,13,17H,16H2,1-6H3/t13-/m1/s1. The van der Waals surface area contributed by atoms with Gasteiger partial charge < -0.3 is 10.8 Å². The fraction of sp³-hybridized carbons (Fsp3) is 0.600. The van der Waals surface area contributed by atoms with Gasteiger partial charge in [-0.15, -0.1) is 0 Å². The van der Waals surface area contributed by atoms with E-state index in [0.717, 1.165) is 5.56 Å². The van der Waals surface area contributed by atoms with E-state index in [4.69, 9.17) is 5.73 Å². The molecule has 96 valence electrons. The molecule has 0 amide bonds. The van der Waals surface area contributed by atoms with Crippen LogP contribution < -0.4 is 5.73 Å². The molecule has 0 radical (unpaired) electrons. The molecule has 1 aromatic rings. The molecule has 0 fully saturated rings. The van der Waals surface area contributed by atoms with Gasteiger partial charge in [0.15, 0.2) is 0 Å². The van der Waals surface area contributed by atoms with Gasteiger partial charge in [-0.1, -0.05) is 47.6 Å². The number of hydrogen-bond donors (Lipinski definition) is 2. The Labute approximate surface area is 105 Å². The van der Waals surface area contributed by atoms with Crippen LogP contribution in [0.2, 0.25) is 0 Å². The summed E-state index contributed by atoms with van der Waals surface area (Å²) in [5.74, 6) is 0.292. The van der Waals surface area contributed by atoms with Gasteiger partial charge in [-0.2, -0.15) is 0 Å². The minimum Gasteiger partial charge on any atom is -0.508 e. The predicted octanol–water partition coefficient (Wildman–Crippen LogP) is 3.74. The highest BCUT2D eigenvalue weighted by Crippen LogP contribution is 2.37. The number of benzene rings is 1. The van der Waals surface area contributed by atoms with Crippen molar-refractivity contribution in [2.24, 2.45) is 11.1 Å². The van der Waals surface area contributed by atoms with Crippen molar-refractivity contribution < 1.29 is 5.11 Å². The summed E-state index contributed by atoms with van der Waals surface area (Å²) >= 11 is 0. The third-order valence-electron chi connectivity index (χ3n) is 3.16. The molecule has 17 heavy (non-hydrogen) atoms. The third kappa shape index (κ3) is 3.22. The summed E-state index contributed by atoms with van der Waals surface area (Å²) in [5.41, 5.74) is 8.27. The highest BCUT2D eigenvalue weighted by molar-refractivity contribution is 5.41. The number of aromatic hydroxyl groups is 1. The van der Waals surface area contributed by atoms with Crippen LogP contribution in [0.3, 0.4) is 0 Å². The quantitative estimate of drug-likeness (QED) is 0.779. The van der Waals surface area contributed by atoms with E-state index in [2.05, 4.69) is 41.5 Å². The molecular weight excluding hydrogens is 210 g/mol. The molecule has 0 spiro atoms. The molecule has 0 aliphatic carbocycles. The third-order valence-corrected chi connectivity index (χ3v) is 3.16. The molecule has 1 aromatic carbocycles. The smallest absolute Gasteiger partial charge is 0.120 e. The average Bonchev–Trinajstić information content (AvgIpc) is 2.14. The maximum Gasteiger partial charge on any atom is 0.120 e. The summed E-state index contributed by atoms with van der Waals surface area (Å²) < 4.78 is 0. The zero-order valence-corrected chi connectivity index (χ0v) is 11.8. The molecule has 2 nitrogen and oxygen atoms in total. The average molecular weight is 235 g/mol. The van der Waals surface area contributed by atoms with Crippen LogP contribution in [-0.4, -0.2) is 5.11 Å². The Bertz CT molecular complexity index is 396. The number of hydrogen-bond acceptors (Lipinski definition) is 2. The summed E-state index contributed by atoms with van der Waals surface area (Å²) in [5, 5.41) is 9.95. The van der Waals surface area contributed by atoms with Crippen LogP contribution in [0.15, 0.2) is 18.2 Å². The lowest BCUT2D eigenvalue weighted by Gasteiger charge is -2.29. The van der Waals surface area contributed by atoms with Gasteiger partial charge in [-0.25, -0.2) is 0 Å². The van der Waals surface area contributed by atoms with Crippen molar-refractivity contribution in [3.05, 3.63) is 29.3 Å². The maximum atomic E-state index is 9.95. The van der Waals surface area contributed by atoms with E-state index in [-0.39, 0.29) is 16.9 Å². The first-order chi connectivity index (χ1) is 7.53. The van der Waals surface area contributed by atoms with E-state index in [1.165, 1.54) is 5.56 Å². The lowest BCUT2D eigenvalue weighted by molar-refractivity contribution is 0.317. The molecule has 1 atom stereocenters. The Kier molecular flexibility index (Phi) is 3.58. The molecule has 3 N–H and O–H groups in total. The fourth-order valence-corrected chi connectivity index (χ4v) is 1.74. The number of phenolic OH excluding ortho intramolecular Hbond substituents is 1. The van der Waals surface area contributed by atoms with Crippen LogP contribution in [0.25, 0.3) is 0 Å². The highest BCUT2D eigenvalue weighted by Gasteiger charge is 2.26. The van der Waals surface area contributed by atoms with E-state index in [9.17, 15) is 5.11 Å². The van der Waals surface area contributed by atoms with Gasteiger partial charge in [-0.05, 0) is 28.5 Å². The fourth-order valence-electron chi connectivity index (χ4n) is 1.74. The number of rotatable bonds is 1. The zero-order valence-electron chi connectivity index (χ0n) is 11.8. The molecule has 0 heterocycles.